The van der Waals surface area contributed by atoms with Crippen molar-refractivity contribution in [3.63, 3.8) is 0 Å². The van der Waals surface area contributed by atoms with E-state index < -0.39 is 5.91 Å². The summed E-state index contributed by atoms with van der Waals surface area (Å²) in [6.07, 6.45) is 4.14. The van der Waals surface area contributed by atoms with Gasteiger partial charge >= 0.3 is 0 Å². The number of carbonyl (C=O) groups excluding carboxylic acids is 2. The van der Waals surface area contributed by atoms with Crippen LogP contribution in [0.4, 0.5) is 5.82 Å². The second-order valence-corrected chi connectivity index (χ2v) is 8.67. The van der Waals surface area contributed by atoms with Gasteiger partial charge in [-0.05, 0) is 51.0 Å². The highest BCUT2D eigenvalue weighted by Crippen LogP contribution is 2.38. The number of hydrogen-bond donors (Lipinski definition) is 4. The molecule has 32 heavy (non-hydrogen) atoms. The van der Waals surface area contributed by atoms with Crippen LogP contribution in [0, 0.1) is 17.2 Å². The maximum absolute atomic E-state index is 12.4. The van der Waals surface area contributed by atoms with E-state index in [4.69, 9.17) is 15.9 Å². The summed E-state index contributed by atoms with van der Waals surface area (Å²) in [6, 6.07) is 1.66. The normalized spacial score (nSPS) is 23.2. The first-order valence-corrected chi connectivity index (χ1v) is 10.8. The second-order valence-electron chi connectivity index (χ2n) is 8.67. The van der Waals surface area contributed by atoms with Crippen LogP contribution in [0.25, 0.3) is 0 Å². The molecule has 10 heteroatoms. The predicted octanol–water partition coefficient (Wildman–Crippen LogP) is 2.07. The minimum Gasteiger partial charge on any atom is -0.480 e. The number of hydrogen-bond acceptors (Lipinski definition) is 6. The number of aryl methyl sites for hydroxylation is 1. The molecule has 0 aliphatic heterocycles. The van der Waals surface area contributed by atoms with E-state index in [0.29, 0.717) is 35.3 Å². The summed E-state index contributed by atoms with van der Waals surface area (Å²) in [5, 5.41) is 16.7. The number of carbonyl (C=O) groups is 2. The molecule has 3 atom stereocenters. The smallest absolute Gasteiger partial charge is 0.250 e. The summed E-state index contributed by atoms with van der Waals surface area (Å²) in [5.41, 5.74) is 11.7. The van der Waals surface area contributed by atoms with Gasteiger partial charge in [-0.25, -0.2) is 4.68 Å². The molecular formula is C22H33N7O3. The van der Waals surface area contributed by atoms with Gasteiger partial charge in [-0.2, -0.15) is 0 Å². The lowest BCUT2D eigenvalue weighted by Gasteiger charge is -2.35. The van der Waals surface area contributed by atoms with Crippen LogP contribution in [-0.4, -0.2) is 46.1 Å². The van der Waals surface area contributed by atoms with Crippen molar-refractivity contribution in [2.75, 3.05) is 12.5 Å². The zero-order valence-corrected chi connectivity index (χ0v) is 19.4. The molecule has 174 valence electrons. The van der Waals surface area contributed by atoms with E-state index in [1.807, 2.05) is 13.8 Å². The van der Waals surface area contributed by atoms with Crippen LogP contribution in [-0.2, 0) is 16.6 Å². The van der Waals surface area contributed by atoms with Crippen molar-refractivity contribution in [1.29, 1.82) is 5.41 Å². The van der Waals surface area contributed by atoms with Crippen molar-refractivity contribution in [3.8, 4) is 5.88 Å². The average molecular weight is 444 g/mol. The summed E-state index contributed by atoms with van der Waals surface area (Å²) >= 11 is 0. The second kappa shape index (κ2) is 9.46. The number of amides is 2. The molecule has 5 N–H and O–H groups in total. The van der Waals surface area contributed by atoms with Gasteiger partial charge in [0.2, 0.25) is 11.8 Å². The third kappa shape index (κ3) is 4.95. The van der Waals surface area contributed by atoms with Crippen LogP contribution in [0.1, 0.15) is 46.5 Å². The van der Waals surface area contributed by atoms with Crippen LogP contribution in [0.3, 0.4) is 0 Å². The Balaban J connectivity index is 1.81. The Kier molecular flexibility index (Phi) is 6.90. The number of ether oxygens (including phenoxy) is 1. The topological polar surface area (TPSA) is 138 Å². The van der Waals surface area contributed by atoms with Gasteiger partial charge in [-0.15, -0.1) is 5.10 Å². The first-order chi connectivity index (χ1) is 15.2. The van der Waals surface area contributed by atoms with Gasteiger partial charge in [-0.1, -0.05) is 12.5 Å². The Morgan fingerprint density at radius 3 is 2.66 bits per heavy atom. The molecule has 1 saturated carbocycles. The van der Waals surface area contributed by atoms with Gasteiger partial charge in [0, 0.05) is 24.7 Å². The molecule has 1 fully saturated rings. The molecule has 0 saturated heterocycles. The number of rotatable bonds is 9. The van der Waals surface area contributed by atoms with Crippen molar-refractivity contribution in [3.05, 3.63) is 28.5 Å². The average Bonchev–Trinajstić information content (AvgIpc) is 3.37. The van der Waals surface area contributed by atoms with Gasteiger partial charge in [-0.3, -0.25) is 25.4 Å². The Hall–Kier alpha value is -3.30. The molecule has 1 unspecified atom stereocenters. The number of nitrogens with two attached hydrogens (primary N) is 1. The maximum Gasteiger partial charge on any atom is 0.250 e. The van der Waals surface area contributed by atoms with Crippen molar-refractivity contribution >= 4 is 24.0 Å². The van der Waals surface area contributed by atoms with E-state index in [2.05, 4.69) is 15.8 Å². The van der Waals surface area contributed by atoms with Crippen LogP contribution in [0.5, 0.6) is 5.88 Å². The van der Waals surface area contributed by atoms with Crippen molar-refractivity contribution in [1.82, 2.24) is 20.1 Å². The summed E-state index contributed by atoms with van der Waals surface area (Å²) in [6.45, 7) is 5.75. The maximum atomic E-state index is 12.4. The van der Waals surface area contributed by atoms with Gasteiger partial charge in [0.05, 0.1) is 18.7 Å². The molecule has 1 aromatic rings. The monoisotopic (exact) mass is 443 g/mol. The fourth-order valence-corrected chi connectivity index (χ4v) is 4.19. The van der Waals surface area contributed by atoms with E-state index in [9.17, 15) is 9.59 Å². The summed E-state index contributed by atoms with van der Waals surface area (Å²) in [7, 11) is 3.33. The molecule has 1 heterocycles. The third-order valence-corrected chi connectivity index (χ3v) is 6.33. The SMILES string of the molecule is COc1cc(NN(C=N)[C@H]2CCC(C)=C(/C(C(N)=O)=C(\C)NC(=O)[C@H]3CC3C)C2)n(C)n1. The number of allylic oxidation sites excluding steroid dienone is 2. The fourth-order valence-electron chi connectivity index (χ4n) is 4.19. The molecule has 1 aromatic heterocycles. The number of methoxy groups -OCH3 is 1. The Bertz CT molecular complexity index is 978. The Morgan fingerprint density at radius 2 is 2.12 bits per heavy atom. The number of nitrogens with zero attached hydrogens (tertiary/aromatic N) is 3. The van der Waals surface area contributed by atoms with Crippen LogP contribution in [0.2, 0.25) is 0 Å². The fraction of sp³-hybridized carbons (Fsp3) is 0.545. The first-order valence-electron chi connectivity index (χ1n) is 10.8. The van der Waals surface area contributed by atoms with Gasteiger partial charge in [0.1, 0.15) is 12.2 Å². The highest BCUT2D eigenvalue weighted by atomic mass is 16.5. The van der Waals surface area contributed by atoms with Crippen molar-refractivity contribution < 1.29 is 14.3 Å². The predicted molar refractivity (Wildman–Crippen MR) is 122 cm³/mol. The third-order valence-electron chi connectivity index (χ3n) is 6.33. The van der Waals surface area contributed by atoms with Crippen molar-refractivity contribution in [2.24, 2.45) is 24.6 Å². The number of primary amides is 1. The number of hydrazine groups is 1. The highest BCUT2D eigenvalue weighted by molar-refractivity contribution is 5.98. The lowest BCUT2D eigenvalue weighted by molar-refractivity contribution is -0.121. The zero-order valence-electron chi connectivity index (χ0n) is 19.4. The molecular weight excluding hydrogens is 410 g/mol. The number of nitrogens with one attached hydrogen (secondary N) is 3. The van der Waals surface area contributed by atoms with E-state index >= 15 is 0 Å². The number of aromatic nitrogens is 2. The molecule has 0 bridgehead atoms. The molecule has 0 radical (unpaired) electrons. The largest absolute Gasteiger partial charge is 0.480 e. The quantitative estimate of drug-likeness (QED) is 0.199. The molecule has 2 amide bonds. The minimum absolute atomic E-state index is 0.00162. The zero-order chi connectivity index (χ0) is 23.6. The molecule has 2 aliphatic rings. The van der Waals surface area contributed by atoms with E-state index in [-0.39, 0.29) is 17.9 Å². The Morgan fingerprint density at radius 1 is 1.44 bits per heavy atom. The molecule has 0 aromatic carbocycles. The first kappa shape index (κ1) is 23.4. The number of anilines is 1. The van der Waals surface area contributed by atoms with Crippen LogP contribution >= 0.6 is 0 Å². The van der Waals surface area contributed by atoms with E-state index in [0.717, 1.165) is 30.4 Å². The highest BCUT2D eigenvalue weighted by Gasteiger charge is 2.39. The molecule has 10 nitrogen and oxygen atoms in total. The molecule has 3 rings (SSSR count). The van der Waals surface area contributed by atoms with Gasteiger partial charge in [0.15, 0.2) is 0 Å². The summed E-state index contributed by atoms with van der Waals surface area (Å²) in [5.74, 6) is 0.889. The summed E-state index contributed by atoms with van der Waals surface area (Å²) < 4.78 is 6.80. The van der Waals surface area contributed by atoms with Crippen LogP contribution in [0.15, 0.2) is 28.5 Å². The van der Waals surface area contributed by atoms with Crippen LogP contribution < -0.4 is 21.2 Å². The lowest BCUT2D eigenvalue weighted by Crippen LogP contribution is -2.41. The van der Waals surface area contributed by atoms with E-state index in [1.54, 1.807) is 36.8 Å². The van der Waals surface area contributed by atoms with Gasteiger partial charge < -0.3 is 15.8 Å². The van der Waals surface area contributed by atoms with E-state index in [1.165, 1.54) is 6.34 Å². The van der Waals surface area contributed by atoms with Crippen molar-refractivity contribution in [2.45, 2.75) is 52.5 Å². The summed E-state index contributed by atoms with van der Waals surface area (Å²) in [4.78, 5) is 24.8. The molecule has 2 aliphatic carbocycles. The minimum atomic E-state index is -0.563. The lowest BCUT2D eigenvalue weighted by atomic mass is 9.84. The standard InChI is InChI=1S/C22H33N7O3/c1-12-6-7-15(29(11-23)26-18-10-19(32-5)27-28(18)4)9-16(12)20(21(24)30)14(3)25-22(31)17-8-13(17)2/h10-11,13,15,17,23,26H,6-9H2,1-5H3,(H2,24,30)(H,25,31)/b20-14-,23-11?/t13?,15-,17-/m0/s1. The Labute approximate surface area is 188 Å². The molecule has 0 spiro atoms. The van der Waals surface area contributed by atoms with Gasteiger partial charge in [0.25, 0.3) is 5.91 Å².